The molecule has 0 fully saturated rings. The van der Waals surface area contributed by atoms with Gasteiger partial charge in [-0.2, -0.15) is 5.10 Å². The van der Waals surface area contributed by atoms with Crippen LogP contribution in [-0.2, 0) is 4.79 Å². The van der Waals surface area contributed by atoms with Crippen LogP contribution in [0.1, 0.15) is 22.5 Å². The fourth-order valence-electron chi connectivity index (χ4n) is 2.87. The maximum atomic E-state index is 12.0. The van der Waals surface area contributed by atoms with Gasteiger partial charge in [0.15, 0.2) is 6.61 Å². The summed E-state index contributed by atoms with van der Waals surface area (Å²) in [6.07, 6.45) is 1.34. The second-order valence-electron chi connectivity index (χ2n) is 6.86. The Balaban J connectivity index is 1.59. The van der Waals surface area contributed by atoms with Gasteiger partial charge < -0.3 is 9.15 Å². The smallest absolute Gasteiger partial charge is 0.277 e. The van der Waals surface area contributed by atoms with E-state index in [0.717, 1.165) is 16.7 Å². The maximum absolute atomic E-state index is 12.0. The first-order chi connectivity index (χ1) is 14.8. The number of carbonyl (C=O) groups excluding carboxylic acids is 1. The number of benzene rings is 2. The minimum Gasteiger partial charge on any atom is -0.483 e. The number of ether oxygens (including phenoxy) is 1. The Kier molecular flexibility index (Phi) is 6.71. The quantitative estimate of drug-likeness (QED) is 0.316. The molecule has 0 radical (unpaired) electrons. The van der Waals surface area contributed by atoms with Crippen molar-refractivity contribution in [3.63, 3.8) is 0 Å². The third-order valence-electron chi connectivity index (χ3n) is 4.66. The molecule has 0 atom stereocenters. The number of hydrazone groups is 1. The van der Waals surface area contributed by atoms with Crippen molar-refractivity contribution in [1.82, 2.24) is 5.43 Å². The summed E-state index contributed by atoms with van der Waals surface area (Å²) >= 11 is 6.11. The first-order valence-electron chi connectivity index (χ1n) is 9.32. The lowest BCUT2D eigenvalue weighted by atomic mass is 10.1. The van der Waals surface area contributed by atoms with Gasteiger partial charge in [0.2, 0.25) is 0 Å². The fourth-order valence-corrected chi connectivity index (χ4v) is 3.14. The third kappa shape index (κ3) is 5.29. The average Bonchev–Trinajstić information content (AvgIpc) is 3.19. The van der Waals surface area contributed by atoms with Gasteiger partial charge in [-0.25, -0.2) is 5.43 Å². The van der Waals surface area contributed by atoms with E-state index in [2.05, 4.69) is 10.5 Å². The molecule has 0 bridgehead atoms. The van der Waals surface area contributed by atoms with Gasteiger partial charge in [-0.15, -0.1) is 0 Å². The van der Waals surface area contributed by atoms with Crippen LogP contribution in [0.25, 0.3) is 11.3 Å². The molecule has 2 aromatic carbocycles. The SMILES string of the molecule is Cc1ccc(C)c(OCC(=O)N/N=C\c2ccc(-c3ccc([N+](=O)[O-])cc3Cl)o2)c1C. The molecule has 8 nitrogen and oxygen atoms in total. The molecule has 0 saturated carbocycles. The fraction of sp³-hybridized carbons (Fsp3) is 0.182. The van der Waals surface area contributed by atoms with Crippen LogP contribution < -0.4 is 10.2 Å². The summed E-state index contributed by atoms with van der Waals surface area (Å²) in [7, 11) is 0. The van der Waals surface area contributed by atoms with Crippen molar-refractivity contribution >= 4 is 29.4 Å². The lowest BCUT2D eigenvalue weighted by Gasteiger charge is -2.13. The van der Waals surface area contributed by atoms with E-state index in [1.54, 1.807) is 12.1 Å². The number of hydrogen-bond acceptors (Lipinski definition) is 6. The Bertz CT molecular complexity index is 1170. The molecule has 160 valence electrons. The number of rotatable bonds is 7. The lowest BCUT2D eigenvalue weighted by Crippen LogP contribution is -2.25. The molecule has 0 saturated heterocycles. The number of amides is 1. The second kappa shape index (κ2) is 9.44. The molecular formula is C22H20ClN3O5. The third-order valence-corrected chi connectivity index (χ3v) is 4.97. The zero-order valence-corrected chi connectivity index (χ0v) is 17.9. The minimum absolute atomic E-state index is 0.108. The highest BCUT2D eigenvalue weighted by molar-refractivity contribution is 6.33. The van der Waals surface area contributed by atoms with E-state index in [1.165, 1.54) is 24.4 Å². The van der Waals surface area contributed by atoms with Crippen LogP contribution >= 0.6 is 11.6 Å². The van der Waals surface area contributed by atoms with Gasteiger partial charge in [-0.1, -0.05) is 23.7 Å². The lowest BCUT2D eigenvalue weighted by molar-refractivity contribution is -0.384. The van der Waals surface area contributed by atoms with Crippen LogP contribution in [-0.4, -0.2) is 23.7 Å². The predicted molar refractivity (Wildman–Crippen MR) is 118 cm³/mol. The zero-order chi connectivity index (χ0) is 22.5. The van der Waals surface area contributed by atoms with Crippen LogP contribution in [0, 0.1) is 30.9 Å². The Hall–Kier alpha value is -3.65. The summed E-state index contributed by atoms with van der Waals surface area (Å²) in [4.78, 5) is 22.3. The molecule has 3 rings (SSSR count). The number of halogens is 1. The van der Waals surface area contributed by atoms with Crippen molar-refractivity contribution in [1.29, 1.82) is 0 Å². The summed E-state index contributed by atoms with van der Waals surface area (Å²) < 4.78 is 11.3. The van der Waals surface area contributed by atoms with Crippen LogP contribution in [0.4, 0.5) is 5.69 Å². The summed E-state index contributed by atoms with van der Waals surface area (Å²) in [6, 6.07) is 11.3. The highest BCUT2D eigenvalue weighted by Crippen LogP contribution is 2.32. The van der Waals surface area contributed by atoms with Gasteiger partial charge in [0.25, 0.3) is 11.6 Å². The monoisotopic (exact) mass is 441 g/mol. The molecule has 1 amide bonds. The van der Waals surface area contributed by atoms with Crippen LogP contribution in [0.2, 0.25) is 5.02 Å². The van der Waals surface area contributed by atoms with Crippen molar-refractivity contribution in [3.05, 3.63) is 80.1 Å². The number of nitro groups is 1. The van der Waals surface area contributed by atoms with Gasteiger partial charge in [-0.05, 0) is 55.7 Å². The summed E-state index contributed by atoms with van der Waals surface area (Å²) in [5.74, 6) is 1.06. The largest absolute Gasteiger partial charge is 0.483 e. The maximum Gasteiger partial charge on any atom is 0.277 e. The molecule has 3 aromatic rings. The van der Waals surface area contributed by atoms with Gasteiger partial charge in [0, 0.05) is 17.7 Å². The molecule has 1 heterocycles. The normalized spacial score (nSPS) is 11.0. The zero-order valence-electron chi connectivity index (χ0n) is 17.1. The number of hydrogen-bond donors (Lipinski definition) is 1. The first kappa shape index (κ1) is 22.0. The van der Waals surface area contributed by atoms with E-state index < -0.39 is 10.8 Å². The highest BCUT2D eigenvalue weighted by Gasteiger charge is 2.13. The Morgan fingerprint density at radius 1 is 1.19 bits per heavy atom. The minimum atomic E-state index is -0.524. The number of nitro benzene ring substituents is 1. The summed E-state index contributed by atoms with van der Waals surface area (Å²) in [5.41, 5.74) is 5.80. The van der Waals surface area contributed by atoms with E-state index in [9.17, 15) is 14.9 Å². The Morgan fingerprint density at radius 2 is 1.94 bits per heavy atom. The Morgan fingerprint density at radius 3 is 2.65 bits per heavy atom. The average molecular weight is 442 g/mol. The van der Waals surface area contributed by atoms with Crippen molar-refractivity contribution in [2.45, 2.75) is 20.8 Å². The number of non-ortho nitro benzene ring substituents is 1. The molecular weight excluding hydrogens is 422 g/mol. The number of furan rings is 1. The molecule has 1 aromatic heterocycles. The van der Waals surface area contributed by atoms with Crippen LogP contribution in [0.5, 0.6) is 5.75 Å². The number of aryl methyl sites for hydroxylation is 2. The Labute approximate surface area is 183 Å². The summed E-state index contributed by atoms with van der Waals surface area (Å²) in [5, 5.41) is 14.9. The topological polar surface area (TPSA) is 107 Å². The molecule has 0 unspecified atom stereocenters. The van der Waals surface area contributed by atoms with Gasteiger partial charge in [-0.3, -0.25) is 14.9 Å². The van der Waals surface area contributed by atoms with Crippen LogP contribution in [0.3, 0.4) is 0 Å². The van der Waals surface area contributed by atoms with E-state index in [0.29, 0.717) is 22.8 Å². The molecule has 0 aliphatic rings. The van der Waals surface area contributed by atoms with Crippen molar-refractivity contribution < 1.29 is 18.9 Å². The van der Waals surface area contributed by atoms with Crippen molar-refractivity contribution in [2.24, 2.45) is 5.10 Å². The predicted octanol–water partition coefficient (Wildman–Crippen LogP) is 4.96. The van der Waals surface area contributed by atoms with Gasteiger partial charge in [0.05, 0.1) is 16.2 Å². The second-order valence-corrected chi connectivity index (χ2v) is 7.27. The highest BCUT2D eigenvalue weighted by atomic mass is 35.5. The molecule has 31 heavy (non-hydrogen) atoms. The van der Waals surface area contributed by atoms with Crippen molar-refractivity contribution in [3.8, 4) is 17.1 Å². The molecule has 1 N–H and O–H groups in total. The van der Waals surface area contributed by atoms with E-state index in [-0.39, 0.29) is 17.3 Å². The number of nitrogens with zero attached hydrogens (tertiary/aromatic N) is 2. The molecule has 0 spiro atoms. The van der Waals surface area contributed by atoms with Crippen LogP contribution in [0.15, 0.2) is 52.0 Å². The molecule has 9 heteroatoms. The number of nitrogens with one attached hydrogen (secondary N) is 1. The van der Waals surface area contributed by atoms with E-state index in [4.69, 9.17) is 20.8 Å². The molecule has 0 aliphatic heterocycles. The standard InChI is InChI=1S/C22H20ClN3O5/c1-13-4-5-14(2)22(15(13)3)30-12-21(27)25-24-11-17-7-9-20(31-17)18-8-6-16(26(28)29)10-19(18)23/h4-11H,12H2,1-3H3,(H,25,27)/b24-11-. The first-order valence-corrected chi connectivity index (χ1v) is 9.69. The van der Waals surface area contributed by atoms with Gasteiger partial charge in [0.1, 0.15) is 17.3 Å². The summed E-state index contributed by atoms with van der Waals surface area (Å²) in [6.45, 7) is 5.67. The van der Waals surface area contributed by atoms with Gasteiger partial charge >= 0.3 is 0 Å². The van der Waals surface area contributed by atoms with E-state index >= 15 is 0 Å². The number of carbonyl (C=O) groups is 1. The van der Waals surface area contributed by atoms with E-state index in [1.807, 2.05) is 32.9 Å². The van der Waals surface area contributed by atoms with Crippen molar-refractivity contribution in [2.75, 3.05) is 6.61 Å². The molecule has 0 aliphatic carbocycles.